The van der Waals surface area contributed by atoms with Crippen LogP contribution in [-0.2, 0) is 16.9 Å². The summed E-state index contributed by atoms with van der Waals surface area (Å²) in [7, 11) is 0. The van der Waals surface area contributed by atoms with Gasteiger partial charge in [-0.3, -0.25) is 9.36 Å². The summed E-state index contributed by atoms with van der Waals surface area (Å²) in [4.78, 5) is 27.1. The van der Waals surface area contributed by atoms with Gasteiger partial charge in [0.25, 0.3) is 5.56 Å². The molecule has 1 aliphatic heterocycles. The minimum Gasteiger partial charge on any atom is -0.480 e. The van der Waals surface area contributed by atoms with Crippen LogP contribution in [0.1, 0.15) is 36.1 Å². The van der Waals surface area contributed by atoms with Crippen LogP contribution in [0.2, 0.25) is 5.02 Å². The Morgan fingerprint density at radius 1 is 1.02 bits per heavy atom. The Hall–Kier alpha value is -3.92. The van der Waals surface area contributed by atoms with E-state index in [1.165, 1.54) is 29.2 Å². The average Bonchev–Trinajstić information content (AvgIpc) is 3.29. The van der Waals surface area contributed by atoms with E-state index >= 15 is 8.78 Å². The van der Waals surface area contributed by atoms with Crippen LogP contribution in [-0.4, -0.2) is 28.7 Å². The van der Waals surface area contributed by atoms with E-state index in [0.29, 0.717) is 17.9 Å². The van der Waals surface area contributed by atoms with Gasteiger partial charge in [0.1, 0.15) is 10.8 Å². The van der Waals surface area contributed by atoms with Crippen molar-refractivity contribution in [2.24, 2.45) is 0 Å². The molecule has 2 heterocycles. The molecule has 0 spiro atoms. The van der Waals surface area contributed by atoms with E-state index in [9.17, 15) is 27.9 Å². The number of alkyl halides is 5. The number of hydrogen-bond donors (Lipinski definition) is 1. The zero-order valence-electron chi connectivity index (χ0n) is 21.0. The lowest BCUT2D eigenvalue weighted by molar-refractivity contribution is -0.140. The smallest absolute Gasteiger partial charge is 0.416 e. The Morgan fingerprint density at radius 2 is 1.70 bits per heavy atom. The lowest BCUT2D eigenvalue weighted by Gasteiger charge is -2.28. The number of carboxylic acids is 1. The van der Waals surface area contributed by atoms with Crippen LogP contribution in [0.15, 0.2) is 71.5 Å². The topological polar surface area (TPSA) is 62.5 Å². The first kappa shape index (κ1) is 27.6. The van der Waals surface area contributed by atoms with Crippen LogP contribution in [0.4, 0.5) is 27.8 Å². The SMILES string of the molecule is CCCN1CC(C(=O)O)n2c1c(-c1cccc(C(F)(F)F)c1)c(C(F)(F)c1cccc3ccccc13)c(Cl)c2=O. The molecule has 5 rings (SSSR count). The molecule has 1 N–H and O–H groups in total. The quantitative estimate of drug-likeness (QED) is 0.244. The van der Waals surface area contributed by atoms with Crippen LogP contribution in [0, 0.1) is 0 Å². The maximum Gasteiger partial charge on any atom is 0.416 e. The Balaban J connectivity index is 1.94. The molecule has 5 nitrogen and oxygen atoms in total. The van der Waals surface area contributed by atoms with Crippen molar-refractivity contribution in [1.29, 1.82) is 0 Å². The summed E-state index contributed by atoms with van der Waals surface area (Å²) in [5, 5.41) is 9.56. The molecule has 208 valence electrons. The van der Waals surface area contributed by atoms with Crippen LogP contribution in [0.25, 0.3) is 21.9 Å². The zero-order valence-corrected chi connectivity index (χ0v) is 21.7. The molecule has 0 bridgehead atoms. The highest BCUT2D eigenvalue weighted by molar-refractivity contribution is 6.32. The molecule has 0 fully saturated rings. The summed E-state index contributed by atoms with van der Waals surface area (Å²) < 4.78 is 75.5. The van der Waals surface area contributed by atoms with E-state index in [0.717, 1.165) is 16.7 Å². The predicted octanol–water partition coefficient (Wildman–Crippen LogP) is 7.34. The largest absolute Gasteiger partial charge is 0.480 e. The van der Waals surface area contributed by atoms with Crippen molar-refractivity contribution in [3.05, 3.63) is 98.8 Å². The Bertz CT molecular complexity index is 1690. The first-order valence-electron chi connectivity index (χ1n) is 12.4. The monoisotopic (exact) mass is 576 g/mol. The number of fused-ring (bicyclic) bond motifs is 2. The van der Waals surface area contributed by atoms with Crippen molar-refractivity contribution in [2.75, 3.05) is 18.0 Å². The van der Waals surface area contributed by atoms with E-state index in [1.54, 1.807) is 31.2 Å². The fraction of sp³-hybridized carbons (Fsp3) is 0.241. The molecular formula is C29H22ClF5N2O3. The van der Waals surface area contributed by atoms with Gasteiger partial charge in [0.2, 0.25) is 0 Å². The van der Waals surface area contributed by atoms with E-state index in [-0.39, 0.29) is 29.9 Å². The molecular weight excluding hydrogens is 555 g/mol. The maximum atomic E-state index is 16.8. The van der Waals surface area contributed by atoms with Crippen molar-refractivity contribution in [1.82, 2.24) is 4.57 Å². The Morgan fingerprint density at radius 3 is 2.38 bits per heavy atom. The van der Waals surface area contributed by atoms with Crippen molar-refractivity contribution in [2.45, 2.75) is 31.5 Å². The fourth-order valence-electron chi connectivity index (χ4n) is 5.34. The Labute approximate surface area is 230 Å². The Kier molecular flexibility index (Phi) is 6.86. The number of aliphatic carboxylic acids is 1. The molecule has 1 aliphatic rings. The van der Waals surface area contributed by atoms with Crippen LogP contribution in [0.5, 0.6) is 0 Å². The number of carbonyl (C=O) groups is 1. The number of benzene rings is 3. The van der Waals surface area contributed by atoms with Gasteiger partial charge in [-0.05, 0) is 34.9 Å². The summed E-state index contributed by atoms with van der Waals surface area (Å²) >= 11 is 6.40. The van der Waals surface area contributed by atoms with E-state index in [4.69, 9.17) is 11.6 Å². The van der Waals surface area contributed by atoms with Gasteiger partial charge < -0.3 is 10.0 Å². The molecule has 0 aliphatic carbocycles. The summed E-state index contributed by atoms with van der Waals surface area (Å²) in [5.41, 5.74) is -4.44. The van der Waals surface area contributed by atoms with Gasteiger partial charge in [0.15, 0.2) is 6.04 Å². The van der Waals surface area contributed by atoms with Crippen LogP contribution in [0.3, 0.4) is 0 Å². The van der Waals surface area contributed by atoms with Gasteiger partial charge in [0, 0.05) is 17.7 Å². The highest BCUT2D eigenvalue weighted by Crippen LogP contribution is 2.51. The van der Waals surface area contributed by atoms with Crippen molar-refractivity contribution in [3.63, 3.8) is 0 Å². The molecule has 0 amide bonds. The highest BCUT2D eigenvalue weighted by Gasteiger charge is 2.47. The number of rotatable bonds is 6. The minimum atomic E-state index is -4.79. The standard InChI is InChI=1S/C29H22ClF5N2O3/c1-2-13-36-15-21(27(39)40)37-25(36)22(17-9-5-10-18(14-17)29(33,34)35)23(24(30)26(37)38)28(31,32)20-12-6-8-16-7-3-4-11-19(16)20/h3-12,14,21H,2,13,15H2,1H3,(H,39,40). The third-order valence-corrected chi connectivity index (χ3v) is 7.38. The van der Waals surface area contributed by atoms with Crippen molar-refractivity contribution in [3.8, 4) is 11.1 Å². The van der Waals surface area contributed by atoms with E-state index in [1.807, 2.05) is 0 Å². The second-order valence-electron chi connectivity index (χ2n) is 9.54. The zero-order chi connectivity index (χ0) is 29.0. The van der Waals surface area contributed by atoms with E-state index in [2.05, 4.69) is 0 Å². The molecule has 0 saturated heterocycles. The molecule has 11 heteroatoms. The molecule has 1 unspecified atom stereocenters. The van der Waals surface area contributed by atoms with Crippen LogP contribution >= 0.6 is 11.6 Å². The molecule has 1 atom stereocenters. The first-order valence-corrected chi connectivity index (χ1v) is 12.8. The molecule has 0 saturated carbocycles. The normalized spacial score (nSPS) is 15.5. The number of aromatic nitrogens is 1. The molecule has 40 heavy (non-hydrogen) atoms. The highest BCUT2D eigenvalue weighted by atomic mass is 35.5. The third kappa shape index (κ3) is 4.40. The number of anilines is 1. The van der Waals surface area contributed by atoms with Gasteiger partial charge in [-0.1, -0.05) is 73.1 Å². The number of pyridine rings is 1. The fourth-order valence-corrected chi connectivity index (χ4v) is 5.64. The third-order valence-electron chi connectivity index (χ3n) is 7.03. The summed E-state index contributed by atoms with van der Waals surface area (Å²) in [6.45, 7) is 1.68. The lowest BCUT2D eigenvalue weighted by atomic mass is 9.89. The average molecular weight is 577 g/mol. The number of carboxylic acid groups (broad SMARTS) is 1. The van der Waals surface area contributed by atoms with Gasteiger partial charge in [-0.15, -0.1) is 0 Å². The second kappa shape index (κ2) is 9.92. The number of nitrogens with zero attached hydrogens (tertiary/aromatic N) is 2. The molecule has 0 radical (unpaired) electrons. The van der Waals surface area contributed by atoms with E-state index < -0.39 is 56.9 Å². The molecule has 3 aromatic carbocycles. The number of hydrogen-bond acceptors (Lipinski definition) is 3. The van der Waals surface area contributed by atoms with Crippen LogP contribution < -0.4 is 10.5 Å². The predicted molar refractivity (Wildman–Crippen MR) is 142 cm³/mol. The van der Waals surface area contributed by atoms with Gasteiger partial charge in [-0.25, -0.2) is 4.79 Å². The molecule has 1 aromatic heterocycles. The summed E-state index contributed by atoms with van der Waals surface area (Å²) in [6, 6.07) is 12.9. The van der Waals surface area contributed by atoms with Gasteiger partial charge in [0.05, 0.1) is 17.7 Å². The number of halogens is 6. The van der Waals surface area contributed by atoms with Gasteiger partial charge in [-0.2, -0.15) is 22.0 Å². The van der Waals surface area contributed by atoms with Crippen molar-refractivity contribution < 1.29 is 31.9 Å². The summed E-state index contributed by atoms with van der Waals surface area (Å²) in [6.07, 6.45) is -4.35. The minimum absolute atomic E-state index is 0.162. The summed E-state index contributed by atoms with van der Waals surface area (Å²) in [5.74, 6) is -5.57. The maximum absolute atomic E-state index is 16.8. The second-order valence-corrected chi connectivity index (χ2v) is 9.92. The van der Waals surface area contributed by atoms with Crippen molar-refractivity contribution >= 4 is 34.2 Å². The molecule has 4 aromatic rings. The lowest BCUT2D eigenvalue weighted by Crippen LogP contribution is -2.31. The first-order chi connectivity index (χ1) is 18.9. The van der Waals surface area contributed by atoms with Gasteiger partial charge >= 0.3 is 18.1 Å².